The molecule has 0 spiro atoms. The molecular weight excluding hydrogens is 485 g/mol. The quantitative estimate of drug-likeness (QED) is 0.330. The molecule has 0 unspecified atom stereocenters. The molecule has 0 saturated carbocycles. The summed E-state index contributed by atoms with van der Waals surface area (Å²) in [6, 6.07) is 12.2. The largest absolute Gasteiger partial charge is 0.357 e. The van der Waals surface area contributed by atoms with E-state index in [0.29, 0.717) is 6.54 Å². The highest BCUT2D eigenvalue weighted by atomic mass is 127. The van der Waals surface area contributed by atoms with Gasteiger partial charge in [0.1, 0.15) is 5.82 Å². The van der Waals surface area contributed by atoms with Crippen LogP contribution in [-0.2, 0) is 13.0 Å². The van der Waals surface area contributed by atoms with Crippen molar-refractivity contribution < 1.29 is 0 Å². The van der Waals surface area contributed by atoms with Crippen LogP contribution in [-0.4, -0.2) is 37.1 Å². The number of guanidine groups is 1. The van der Waals surface area contributed by atoms with E-state index in [1.807, 2.05) is 24.4 Å². The van der Waals surface area contributed by atoms with Crippen LogP contribution in [0.25, 0.3) is 0 Å². The Labute approximate surface area is 190 Å². The van der Waals surface area contributed by atoms with Crippen molar-refractivity contribution >= 4 is 47.4 Å². The highest BCUT2D eigenvalue weighted by Gasteiger charge is 2.13. The summed E-state index contributed by atoms with van der Waals surface area (Å²) in [7, 11) is 0. The Morgan fingerprint density at radius 3 is 2.57 bits per heavy atom. The summed E-state index contributed by atoms with van der Waals surface area (Å²) in [4.78, 5) is 11.6. The first-order chi connectivity index (χ1) is 13.2. The van der Waals surface area contributed by atoms with E-state index in [0.717, 1.165) is 49.4 Å². The van der Waals surface area contributed by atoms with Crippen LogP contribution in [0.15, 0.2) is 47.6 Å². The van der Waals surface area contributed by atoms with Crippen LogP contribution >= 0.6 is 35.6 Å². The fourth-order valence-corrected chi connectivity index (χ4v) is 3.29. The second kappa shape index (κ2) is 12.1. The van der Waals surface area contributed by atoms with Gasteiger partial charge in [0.05, 0.1) is 6.54 Å². The molecule has 2 N–H and O–H groups in total. The lowest BCUT2D eigenvalue weighted by Crippen LogP contribution is -2.38. The lowest BCUT2D eigenvalue weighted by Gasteiger charge is -2.16. The van der Waals surface area contributed by atoms with Gasteiger partial charge in [-0.25, -0.2) is 9.98 Å². The van der Waals surface area contributed by atoms with Crippen molar-refractivity contribution in [1.29, 1.82) is 0 Å². The molecule has 1 aromatic carbocycles. The SMILES string of the molecule is CCNC(=NCc1ccnc(N2CCCC2)c1)NCCc1ccc(Cl)cc1.I. The van der Waals surface area contributed by atoms with Crippen LogP contribution in [0.4, 0.5) is 5.82 Å². The van der Waals surface area contributed by atoms with Gasteiger partial charge in [-0.2, -0.15) is 0 Å². The zero-order valence-electron chi connectivity index (χ0n) is 16.3. The summed E-state index contributed by atoms with van der Waals surface area (Å²) in [6.45, 7) is 6.59. The summed E-state index contributed by atoms with van der Waals surface area (Å²) in [5.74, 6) is 1.91. The average molecular weight is 514 g/mol. The predicted molar refractivity (Wildman–Crippen MR) is 129 cm³/mol. The van der Waals surface area contributed by atoms with Crippen molar-refractivity contribution in [3.63, 3.8) is 0 Å². The molecule has 28 heavy (non-hydrogen) atoms. The molecule has 1 aliphatic rings. The molecule has 0 radical (unpaired) electrons. The first kappa shape index (κ1) is 22.7. The number of anilines is 1. The van der Waals surface area contributed by atoms with Crippen molar-refractivity contribution in [3.8, 4) is 0 Å². The van der Waals surface area contributed by atoms with Crippen LogP contribution in [0, 0.1) is 0 Å². The van der Waals surface area contributed by atoms with Crippen molar-refractivity contribution in [2.75, 3.05) is 31.1 Å². The lowest BCUT2D eigenvalue weighted by atomic mass is 10.1. The van der Waals surface area contributed by atoms with E-state index in [2.05, 4.69) is 45.6 Å². The van der Waals surface area contributed by atoms with E-state index in [9.17, 15) is 0 Å². The summed E-state index contributed by atoms with van der Waals surface area (Å²) in [5.41, 5.74) is 2.44. The highest BCUT2D eigenvalue weighted by molar-refractivity contribution is 14.0. The van der Waals surface area contributed by atoms with Crippen molar-refractivity contribution in [2.24, 2.45) is 4.99 Å². The number of rotatable bonds is 7. The van der Waals surface area contributed by atoms with Gasteiger partial charge in [-0.15, -0.1) is 24.0 Å². The Bertz CT molecular complexity index is 745. The molecule has 2 heterocycles. The van der Waals surface area contributed by atoms with Crippen molar-refractivity contribution in [1.82, 2.24) is 15.6 Å². The zero-order valence-corrected chi connectivity index (χ0v) is 19.4. The molecule has 152 valence electrons. The van der Waals surface area contributed by atoms with Gasteiger partial charge in [0.15, 0.2) is 5.96 Å². The maximum Gasteiger partial charge on any atom is 0.191 e. The monoisotopic (exact) mass is 513 g/mol. The Morgan fingerprint density at radius 1 is 1.11 bits per heavy atom. The molecule has 0 bridgehead atoms. The van der Waals surface area contributed by atoms with E-state index in [-0.39, 0.29) is 24.0 Å². The van der Waals surface area contributed by atoms with Gasteiger partial charge < -0.3 is 15.5 Å². The summed E-state index contributed by atoms with van der Waals surface area (Å²) >= 11 is 5.94. The van der Waals surface area contributed by atoms with Gasteiger partial charge in [0, 0.05) is 37.4 Å². The van der Waals surface area contributed by atoms with Crippen molar-refractivity contribution in [3.05, 3.63) is 58.7 Å². The minimum Gasteiger partial charge on any atom is -0.357 e. The Kier molecular flexibility index (Phi) is 9.84. The smallest absolute Gasteiger partial charge is 0.191 e. The molecule has 1 saturated heterocycles. The summed E-state index contributed by atoms with van der Waals surface area (Å²) in [5, 5.41) is 7.48. The van der Waals surface area contributed by atoms with Crippen molar-refractivity contribution in [2.45, 2.75) is 32.7 Å². The fraction of sp³-hybridized carbons (Fsp3) is 0.429. The van der Waals surface area contributed by atoms with Crippen LogP contribution in [0.2, 0.25) is 5.02 Å². The molecule has 3 rings (SSSR count). The third kappa shape index (κ3) is 7.13. The minimum absolute atomic E-state index is 0. The maximum atomic E-state index is 5.94. The molecule has 0 amide bonds. The Morgan fingerprint density at radius 2 is 1.86 bits per heavy atom. The molecule has 0 aliphatic carbocycles. The number of benzene rings is 1. The molecule has 1 aliphatic heterocycles. The number of aliphatic imine (C=N–C) groups is 1. The number of hydrogen-bond acceptors (Lipinski definition) is 3. The zero-order chi connectivity index (χ0) is 18.9. The van der Waals surface area contributed by atoms with E-state index in [4.69, 9.17) is 16.6 Å². The molecule has 1 fully saturated rings. The third-order valence-electron chi connectivity index (χ3n) is 4.62. The molecule has 7 heteroatoms. The van der Waals surface area contributed by atoms with Gasteiger partial charge in [0.25, 0.3) is 0 Å². The minimum atomic E-state index is 0. The van der Waals surface area contributed by atoms with Crippen LogP contribution in [0.1, 0.15) is 30.9 Å². The van der Waals surface area contributed by atoms with Gasteiger partial charge in [-0.05, 0) is 61.6 Å². The van der Waals surface area contributed by atoms with Crippen LogP contribution in [0.3, 0.4) is 0 Å². The number of pyridine rings is 1. The van der Waals surface area contributed by atoms with Gasteiger partial charge in [-0.1, -0.05) is 23.7 Å². The van der Waals surface area contributed by atoms with E-state index >= 15 is 0 Å². The van der Waals surface area contributed by atoms with E-state index in [1.54, 1.807) is 0 Å². The van der Waals surface area contributed by atoms with Gasteiger partial charge >= 0.3 is 0 Å². The number of hydrogen-bond donors (Lipinski definition) is 2. The second-order valence-electron chi connectivity index (χ2n) is 6.71. The summed E-state index contributed by atoms with van der Waals surface area (Å²) in [6.07, 6.45) is 5.33. The first-order valence-corrected chi connectivity index (χ1v) is 10.1. The standard InChI is InChI=1S/C21H28ClN5.HI/c1-2-23-21(25-12-9-17-5-7-19(22)8-6-17)26-16-18-10-11-24-20(15-18)27-13-3-4-14-27;/h5-8,10-11,15H,2-4,9,12-14,16H2,1H3,(H2,23,25,26);1H. The predicted octanol–water partition coefficient (Wildman–Crippen LogP) is 4.25. The topological polar surface area (TPSA) is 52.6 Å². The van der Waals surface area contributed by atoms with Gasteiger partial charge in [-0.3, -0.25) is 0 Å². The fourth-order valence-electron chi connectivity index (χ4n) is 3.17. The second-order valence-corrected chi connectivity index (χ2v) is 7.15. The Balaban J connectivity index is 0.00000280. The number of aromatic nitrogens is 1. The Hall–Kier alpha value is -1.54. The molecular formula is C21H29ClIN5. The number of halogens is 2. The van der Waals surface area contributed by atoms with Crippen LogP contribution < -0.4 is 15.5 Å². The molecule has 0 atom stereocenters. The van der Waals surface area contributed by atoms with Gasteiger partial charge in [0.2, 0.25) is 0 Å². The number of nitrogens with zero attached hydrogens (tertiary/aromatic N) is 3. The average Bonchev–Trinajstić information content (AvgIpc) is 3.23. The van der Waals surface area contributed by atoms with E-state index in [1.165, 1.54) is 24.0 Å². The number of nitrogens with one attached hydrogen (secondary N) is 2. The molecule has 1 aromatic heterocycles. The van der Waals surface area contributed by atoms with Crippen LogP contribution in [0.5, 0.6) is 0 Å². The van der Waals surface area contributed by atoms with E-state index < -0.39 is 0 Å². The summed E-state index contributed by atoms with van der Waals surface area (Å²) < 4.78 is 0. The maximum absolute atomic E-state index is 5.94. The highest BCUT2D eigenvalue weighted by Crippen LogP contribution is 2.18. The normalized spacial score (nSPS) is 13.9. The third-order valence-corrected chi connectivity index (χ3v) is 4.88. The molecule has 2 aromatic rings. The molecule has 5 nitrogen and oxygen atoms in total. The lowest BCUT2D eigenvalue weighted by molar-refractivity contribution is 0.799. The first-order valence-electron chi connectivity index (χ1n) is 9.71.